The Morgan fingerprint density at radius 2 is 2.19 bits per heavy atom. The first-order valence-electron chi connectivity index (χ1n) is 9.63. The molecule has 0 radical (unpaired) electrons. The molecule has 6 heteroatoms. The van der Waals surface area contributed by atoms with Crippen molar-refractivity contribution in [2.75, 3.05) is 47.0 Å². The summed E-state index contributed by atoms with van der Waals surface area (Å²) < 4.78 is 11.8. The Balaban J connectivity index is 1.43. The number of pyridine rings is 1. The van der Waals surface area contributed by atoms with Gasteiger partial charge in [0.1, 0.15) is 6.61 Å². The van der Waals surface area contributed by atoms with E-state index in [0.717, 1.165) is 57.6 Å². The van der Waals surface area contributed by atoms with Crippen LogP contribution in [0.25, 0.3) is 0 Å². The van der Waals surface area contributed by atoms with Crippen LogP contribution in [0.3, 0.4) is 0 Å². The van der Waals surface area contributed by atoms with Crippen molar-refractivity contribution < 1.29 is 14.3 Å². The number of piperidine rings is 1. The summed E-state index contributed by atoms with van der Waals surface area (Å²) in [5.74, 6) is 0.555. The average Bonchev–Trinajstić information content (AvgIpc) is 3.03. The van der Waals surface area contributed by atoms with Crippen LogP contribution in [-0.4, -0.2) is 73.3 Å². The first-order chi connectivity index (χ1) is 12.6. The third-order valence-electron chi connectivity index (χ3n) is 5.75. The fraction of sp³-hybridized carbons (Fsp3) is 0.700. The molecule has 0 saturated carbocycles. The lowest BCUT2D eigenvalue weighted by Crippen LogP contribution is -2.47. The molecular formula is C20H31N3O3. The Kier molecular flexibility index (Phi) is 6.62. The van der Waals surface area contributed by atoms with Crippen molar-refractivity contribution in [1.82, 2.24) is 14.8 Å². The summed E-state index contributed by atoms with van der Waals surface area (Å²) in [6, 6.07) is 6.09. The molecule has 144 valence electrons. The summed E-state index contributed by atoms with van der Waals surface area (Å²) >= 11 is 0. The van der Waals surface area contributed by atoms with E-state index in [9.17, 15) is 4.79 Å². The number of amides is 1. The van der Waals surface area contributed by atoms with Crippen molar-refractivity contribution >= 4 is 5.91 Å². The van der Waals surface area contributed by atoms with Gasteiger partial charge >= 0.3 is 0 Å². The number of rotatable bonds is 7. The molecular weight excluding hydrogens is 330 g/mol. The summed E-state index contributed by atoms with van der Waals surface area (Å²) in [6.07, 6.45) is 6.08. The third kappa shape index (κ3) is 4.81. The van der Waals surface area contributed by atoms with E-state index in [1.165, 1.54) is 0 Å². The lowest BCUT2D eigenvalue weighted by molar-refractivity contribution is -0.133. The maximum absolute atomic E-state index is 11.6. The smallest absolute Gasteiger partial charge is 0.248 e. The third-order valence-corrected chi connectivity index (χ3v) is 5.75. The minimum absolute atomic E-state index is 0.00946. The number of hydrogen-bond acceptors (Lipinski definition) is 5. The Labute approximate surface area is 156 Å². The monoisotopic (exact) mass is 361 g/mol. The molecule has 3 rings (SSSR count). The molecule has 0 N–H and O–H groups in total. The average molecular weight is 361 g/mol. The van der Waals surface area contributed by atoms with E-state index >= 15 is 0 Å². The number of carbonyl (C=O) groups is 1. The van der Waals surface area contributed by atoms with Crippen LogP contribution in [-0.2, 0) is 20.8 Å². The van der Waals surface area contributed by atoms with E-state index in [-0.39, 0.29) is 18.1 Å². The number of nitrogens with zero attached hydrogens (tertiary/aromatic N) is 3. The quantitative estimate of drug-likeness (QED) is 0.695. The predicted molar refractivity (Wildman–Crippen MR) is 99.7 cm³/mol. The standard InChI is InChI=1S/C20H31N3O3/c1-22(2)19(24)16-25-13-6-17-7-14-26-20(17)8-11-23(12-9-20)15-18-5-3-4-10-21-18/h3-5,10,17H,6-9,11-16H2,1-2H3/t17-/m0/s1. The van der Waals surface area contributed by atoms with Crippen molar-refractivity contribution in [2.24, 2.45) is 5.92 Å². The lowest BCUT2D eigenvalue weighted by Gasteiger charge is -2.42. The number of likely N-dealkylation sites (N-methyl/N-ethyl adjacent to an activating group) is 1. The van der Waals surface area contributed by atoms with Crippen molar-refractivity contribution in [2.45, 2.75) is 37.8 Å². The van der Waals surface area contributed by atoms with E-state index in [2.05, 4.69) is 16.0 Å². The molecule has 6 nitrogen and oxygen atoms in total. The van der Waals surface area contributed by atoms with Crippen LogP contribution < -0.4 is 0 Å². The first-order valence-corrected chi connectivity index (χ1v) is 9.63. The van der Waals surface area contributed by atoms with Crippen LogP contribution in [0, 0.1) is 5.92 Å². The van der Waals surface area contributed by atoms with E-state index in [1.807, 2.05) is 18.3 Å². The normalized spacial score (nSPS) is 22.6. The molecule has 0 bridgehead atoms. The number of aromatic nitrogens is 1. The Hall–Kier alpha value is -1.50. The highest BCUT2D eigenvalue weighted by Gasteiger charge is 2.45. The number of likely N-dealkylation sites (tertiary alicyclic amines) is 1. The highest BCUT2D eigenvalue weighted by Crippen LogP contribution is 2.42. The van der Waals surface area contributed by atoms with Crippen molar-refractivity contribution in [3.8, 4) is 0 Å². The van der Waals surface area contributed by atoms with Gasteiger partial charge in [0.15, 0.2) is 0 Å². The second-order valence-electron chi connectivity index (χ2n) is 7.63. The van der Waals surface area contributed by atoms with Gasteiger partial charge in [0, 0.05) is 53.1 Å². The van der Waals surface area contributed by atoms with Gasteiger partial charge in [-0.25, -0.2) is 0 Å². The predicted octanol–water partition coefficient (Wildman–Crippen LogP) is 1.95. The molecule has 3 heterocycles. The van der Waals surface area contributed by atoms with Gasteiger partial charge in [0.05, 0.1) is 11.3 Å². The van der Waals surface area contributed by atoms with E-state index < -0.39 is 0 Å². The summed E-state index contributed by atoms with van der Waals surface area (Å²) in [5.41, 5.74) is 1.14. The van der Waals surface area contributed by atoms with Gasteiger partial charge in [0.2, 0.25) is 5.91 Å². The van der Waals surface area contributed by atoms with Gasteiger partial charge in [-0.15, -0.1) is 0 Å². The zero-order valence-corrected chi connectivity index (χ0v) is 16.0. The second-order valence-corrected chi connectivity index (χ2v) is 7.63. The van der Waals surface area contributed by atoms with Crippen LogP contribution in [0.15, 0.2) is 24.4 Å². The fourth-order valence-corrected chi connectivity index (χ4v) is 4.07. The molecule has 2 aliphatic heterocycles. The lowest BCUT2D eigenvalue weighted by atomic mass is 9.78. The first kappa shape index (κ1) is 19.3. The van der Waals surface area contributed by atoms with Gasteiger partial charge in [-0.3, -0.25) is 14.7 Å². The molecule has 2 saturated heterocycles. The highest BCUT2D eigenvalue weighted by atomic mass is 16.5. The maximum Gasteiger partial charge on any atom is 0.248 e. The van der Waals surface area contributed by atoms with Crippen LogP contribution in [0.1, 0.15) is 31.4 Å². The molecule has 2 fully saturated rings. The molecule has 0 unspecified atom stereocenters. The second kappa shape index (κ2) is 8.93. The minimum Gasteiger partial charge on any atom is -0.375 e. The molecule has 1 amide bonds. The van der Waals surface area contributed by atoms with E-state index in [1.54, 1.807) is 19.0 Å². The fourth-order valence-electron chi connectivity index (χ4n) is 4.07. The summed E-state index contributed by atoms with van der Waals surface area (Å²) in [4.78, 5) is 20.1. The molecule has 0 aliphatic carbocycles. The molecule has 0 aromatic carbocycles. The van der Waals surface area contributed by atoms with Crippen molar-refractivity contribution in [1.29, 1.82) is 0 Å². The number of hydrogen-bond donors (Lipinski definition) is 0. The Morgan fingerprint density at radius 3 is 2.88 bits per heavy atom. The molecule has 1 aromatic rings. The van der Waals surface area contributed by atoms with Crippen LogP contribution in [0.5, 0.6) is 0 Å². The van der Waals surface area contributed by atoms with Crippen LogP contribution in [0.4, 0.5) is 0 Å². The Morgan fingerprint density at radius 1 is 1.38 bits per heavy atom. The zero-order valence-electron chi connectivity index (χ0n) is 16.0. The molecule has 1 aromatic heterocycles. The van der Waals surface area contributed by atoms with Crippen LogP contribution >= 0.6 is 0 Å². The Bertz CT molecular complexity index is 571. The van der Waals surface area contributed by atoms with Gasteiger partial charge in [-0.2, -0.15) is 0 Å². The van der Waals surface area contributed by atoms with Gasteiger partial charge < -0.3 is 14.4 Å². The molecule has 1 spiro atoms. The summed E-state index contributed by atoms with van der Waals surface area (Å²) in [5, 5.41) is 0. The maximum atomic E-state index is 11.6. The van der Waals surface area contributed by atoms with Gasteiger partial charge in [0.25, 0.3) is 0 Å². The number of ether oxygens (including phenoxy) is 2. The molecule has 1 atom stereocenters. The van der Waals surface area contributed by atoms with Gasteiger partial charge in [-0.05, 0) is 43.7 Å². The largest absolute Gasteiger partial charge is 0.375 e. The highest BCUT2D eigenvalue weighted by molar-refractivity contribution is 5.76. The van der Waals surface area contributed by atoms with Gasteiger partial charge in [-0.1, -0.05) is 6.07 Å². The topological polar surface area (TPSA) is 54.9 Å². The van der Waals surface area contributed by atoms with Crippen molar-refractivity contribution in [3.63, 3.8) is 0 Å². The molecule has 2 aliphatic rings. The molecule has 26 heavy (non-hydrogen) atoms. The van der Waals surface area contributed by atoms with E-state index in [0.29, 0.717) is 12.5 Å². The zero-order chi connectivity index (χ0) is 18.4. The summed E-state index contributed by atoms with van der Waals surface area (Å²) in [7, 11) is 3.51. The van der Waals surface area contributed by atoms with E-state index in [4.69, 9.17) is 9.47 Å². The summed E-state index contributed by atoms with van der Waals surface area (Å²) in [6.45, 7) is 4.66. The minimum atomic E-state index is 0.00946. The van der Waals surface area contributed by atoms with Crippen molar-refractivity contribution in [3.05, 3.63) is 30.1 Å². The van der Waals surface area contributed by atoms with Crippen LogP contribution in [0.2, 0.25) is 0 Å². The number of carbonyl (C=O) groups excluding carboxylic acids is 1. The SMILES string of the molecule is CN(C)C(=O)COCC[C@H]1CCOC12CCN(Cc1ccccn1)CC2.